The summed E-state index contributed by atoms with van der Waals surface area (Å²) in [6, 6.07) is 10.8. The number of rotatable bonds is 3. The molecule has 1 saturated heterocycles. The monoisotopic (exact) mass is 300 g/mol. The van der Waals surface area contributed by atoms with E-state index in [0.717, 1.165) is 16.1 Å². The average molecular weight is 300 g/mol. The van der Waals surface area contributed by atoms with Crippen LogP contribution in [0.2, 0.25) is 0 Å². The van der Waals surface area contributed by atoms with Crippen LogP contribution in [-0.2, 0) is 9.59 Å². The molecule has 0 saturated carbocycles. The number of hydrogen-bond acceptors (Lipinski definition) is 4. The summed E-state index contributed by atoms with van der Waals surface area (Å²) in [4.78, 5) is 26.2. The summed E-state index contributed by atoms with van der Waals surface area (Å²) in [5, 5.41) is 13.3. The third-order valence-corrected chi connectivity index (χ3v) is 4.72. The van der Waals surface area contributed by atoms with Crippen LogP contribution in [0.3, 0.4) is 0 Å². The highest BCUT2D eigenvalue weighted by atomic mass is 32.1. The summed E-state index contributed by atoms with van der Waals surface area (Å²) in [6.07, 6.45) is -0.0151. The van der Waals surface area contributed by atoms with Crippen LogP contribution in [0, 0.1) is 12.8 Å². The standard InChI is InChI=1S/C16H15NO3S/c1-10-4-6-11(7-5-10)17-14(18)9-12(16(19)20)15(17)13-3-2-8-21-13/h2-8,12,15H,9H2,1H3,(H,19,20)/p-1/t12-,15-/m1/s1. The Morgan fingerprint density at radius 2 is 2.00 bits per heavy atom. The zero-order valence-electron chi connectivity index (χ0n) is 11.5. The second kappa shape index (κ2) is 5.33. The minimum atomic E-state index is -1.17. The van der Waals surface area contributed by atoms with E-state index in [1.807, 2.05) is 48.7 Å². The SMILES string of the molecule is Cc1ccc(N2C(=O)C[C@@H](C(=O)[O-])[C@@H]2c2cccs2)cc1. The second-order valence-electron chi connectivity index (χ2n) is 5.19. The molecule has 0 spiro atoms. The number of hydrogen-bond donors (Lipinski definition) is 0. The van der Waals surface area contributed by atoms with Crippen molar-refractivity contribution in [1.82, 2.24) is 0 Å². The molecule has 0 bridgehead atoms. The fourth-order valence-corrected chi connectivity index (χ4v) is 3.62. The zero-order chi connectivity index (χ0) is 15.0. The molecular formula is C16H14NO3S-. The van der Waals surface area contributed by atoms with Crippen LogP contribution in [0.4, 0.5) is 5.69 Å². The fourth-order valence-electron chi connectivity index (χ4n) is 2.74. The number of nitrogens with zero attached hydrogens (tertiary/aromatic N) is 1. The van der Waals surface area contributed by atoms with E-state index in [4.69, 9.17) is 0 Å². The summed E-state index contributed by atoms with van der Waals surface area (Å²) in [5.41, 5.74) is 1.82. The zero-order valence-corrected chi connectivity index (χ0v) is 12.3. The molecule has 21 heavy (non-hydrogen) atoms. The molecule has 1 amide bonds. The van der Waals surface area contributed by atoms with Gasteiger partial charge in [0, 0.05) is 28.9 Å². The Balaban J connectivity index is 2.06. The number of anilines is 1. The van der Waals surface area contributed by atoms with Crippen molar-refractivity contribution in [1.29, 1.82) is 0 Å². The number of carboxylic acids is 1. The molecule has 0 aliphatic carbocycles. The third kappa shape index (κ3) is 2.45. The molecule has 1 aromatic carbocycles. The highest BCUT2D eigenvalue weighted by molar-refractivity contribution is 7.10. The Labute approximate surface area is 126 Å². The lowest BCUT2D eigenvalue weighted by Gasteiger charge is -2.28. The van der Waals surface area contributed by atoms with Crippen molar-refractivity contribution in [2.75, 3.05) is 4.90 Å². The van der Waals surface area contributed by atoms with Crippen molar-refractivity contribution in [2.24, 2.45) is 5.92 Å². The highest BCUT2D eigenvalue weighted by Gasteiger charge is 2.42. The Bertz CT molecular complexity index is 663. The number of thiophene rings is 1. The Kier molecular flexibility index (Phi) is 3.51. The maximum absolute atomic E-state index is 12.3. The molecule has 2 aromatic rings. The molecule has 4 nitrogen and oxygen atoms in total. The Hall–Kier alpha value is -2.14. The van der Waals surface area contributed by atoms with Gasteiger partial charge in [-0.2, -0.15) is 0 Å². The maximum Gasteiger partial charge on any atom is 0.228 e. The van der Waals surface area contributed by atoms with Gasteiger partial charge in [-0.1, -0.05) is 23.8 Å². The van der Waals surface area contributed by atoms with Gasteiger partial charge < -0.3 is 14.8 Å². The lowest BCUT2D eigenvalue weighted by Crippen LogP contribution is -2.36. The van der Waals surface area contributed by atoms with Gasteiger partial charge >= 0.3 is 0 Å². The van der Waals surface area contributed by atoms with Gasteiger partial charge in [0.2, 0.25) is 5.91 Å². The quantitative estimate of drug-likeness (QED) is 0.870. The maximum atomic E-state index is 12.3. The van der Waals surface area contributed by atoms with E-state index in [0.29, 0.717) is 0 Å². The van der Waals surface area contributed by atoms with Crippen LogP contribution in [-0.4, -0.2) is 11.9 Å². The number of aryl methyl sites for hydroxylation is 1. The number of carbonyl (C=O) groups excluding carboxylic acids is 2. The van der Waals surface area contributed by atoms with E-state index in [1.54, 1.807) is 4.90 Å². The van der Waals surface area contributed by atoms with Crippen LogP contribution >= 0.6 is 11.3 Å². The van der Waals surface area contributed by atoms with Crippen molar-refractivity contribution in [3.05, 3.63) is 52.2 Å². The summed E-state index contributed by atoms with van der Waals surface area (Å²) in [5.74, 6) is -2.15. The molecule has 2 heterocycles. The van der Waals surface area contributed by atoms with E-state index in [9.17, 15) is 14.7 Å². The predicted molar refractivity (Wildman–Crippen MR) is 78.8 cm³/mol. The van der Waals surface area contributed by atoms with Crippen molar-refractivity contribution >= 4 is 28.9 Å². The van der Waals surface area contributed by atoms with Crippen molar-refractivity contribution in [2.45, 2.75) is 19.4 Å². The molecule has 0 radical (unpaired) electrons. The first kappa shape index (κ1) is 13.8. The third-order valence-electron chi connectivity index (χ3n) is 3.77. The highest BCUT2D eigenvalue weighted by Crippen LogP contribution is 2.42. The summed E-state index contributed by atoms with van der Waals surface area (Å²) < 4.78 is 0. The largest absolute Gasteiger partial charge is 0.550 e. The Morgan fingerprint density at radius 3 is 2.57 bits per heavy atom. The molecule has 3 rings (SSSR count). The minimum absolute atomic E-state index is 0.0151. The predicted octanol–water partition coefficient (Wildman–Crippen LogP) is 1.90. The molecule has 1 aromatic heterocycles. The molecule has 2 atom stereocenters. The molecule has 1 aliphatic rings. The van der Waals surface area contributed by atoms with Gasteiger partial charge in [-0.3, -0.25) is 4.79 Å². The topological polar surface area (TPSA) is 60.4 Å². The Morgan fingerprint density at radius 1 is 1.29 bits per heavy atom. The minimum Gasteiger partial charge on any atom is -0.550 e. The first-order chi connectivity index (χ1) is 10.1. The lowest BCUT2D eigenvalue weighted by atomic mass is 9.99. The molecule has 1 aliphatic heterocycles. The van der Waals surface area contributed by atoms with Crippen LogP contribution in [0.5, 0.6) is 0 Å². The summed E-state index contributed by atoms with van der Waals surface area (Å²) >= 11 is 1.46. The van der Waals surface area contributed by atoms with Crippen LogP contribution in [0.15, 0.2) is 41.8 Å². The molecule has 108 valence electrons. The van der Waals surface area contributed by atoms with Crippen molar-refractivity contribution < 1.29 is 14.7 Å². The number of amides is 1. The average Bonchev–Trinajstić information content (AvgIpc) is 3.07. The van der Waals surface area contributed by atoms with E-state index >= 15 is 0 Å². The van der Waals surface area contributed by atoms with Crippen molar-refractivity contribution in [3.8, 4) is 0 Å². The number of carboxylic acid groups (broad SMARTS) is 1. The number of benzene rings is 1. The number of carbonyl (C=O) groups is 2. The van der Waals surface area contributed by atoms with Crippen LogP contribution < -0.4 is 10.0 Å². The van der Waals surface area contributed by atoms with Gasteiger partial charge in [-0.05, 0) is 30.5 Å². The molecule has 1 fully saturated rings. The molecule has 5 heteroatoms. The first-order valence-corrected chi connectivity index (χ1v) is 7.59. The van der Waals surface area contributed by atoms with E-state index in [-0.39, 0.29) is 12.3 Å². The van der Waals surface area contributed by atoms with Gasteiger partial charge in [-0.25, -0.2) is 0 Å². The molecule has 0 unspecified atom stereocenters. The normalized spacial score (nSPS) is 21.8. The van der Waals surface area contributed by atoms with Gasteiger partial charge in [0.15, 0.2) is 0 Å². The molecular weight excluding hydrogens is 286 g/mol. The summed E-state index contributed by atoms with van der Waals surface area (Å²) in [6.45, 7) is 1.97. The fraction of sp³-hybridized carbons (Fsp3) is 0.250. The van der Waals surface area contributed by atoms with Crippen LogP contribution in [0.25, 0.3) is 0 Å². The van der Waals surface area contributed by atoms with Gasteiger partial charge in [0.25, 0.3) is 0 Å². The van der Waals surface area contributed by atoms with E-state index in [1.165, 1.54) is 11.3 Å². The lowest BCUT2D eigenvalue weighted by molar-refractivity contribution is -0.311. The number of aliphatic carboxylic acids is 1. The van der Waals surface area contributed by atoms with Gasteiger partial charge in [0.1, 0.15) is 0 Å². The second-order valence-corrected chi connectivity index (χ2v) is 6.17. The molecule has 0 N–H and O–H groups in total. The van der Waals surface area contributed by atoms with Crippen LogP contribution in [0.1, 0.15) is 22.9 Å². The van der Waals surface area contributed by atoms with Gasteiger partial charge in [0.05, 0.1) is 6.04 Å². The van der Waals surface area contributed by atoms with Crippen molar-refractivity contribution in [3.63, 3.8) is 0 Å². The van der Waals surface area contributed by atoms with E-state index < -0.39 is 17.9 Å². The summed E-state index contributed by atoms with van der Waals surface area (Å²) in [7, 11) is 0. The smallest absolute Gasteiger partial charge is 0.228 e. The van der Waals surface area contributed by atoms with Gasteiger partial charge in [-0.15, -0.1) is 11.3 Å². The van der Waals surface area contributed by atoms with E-state index in [2.05, 4.69) is 0 Å². The first-order valence-electron chi connectivity index (χ1n) is 6.71.